The first kappa shape index (κ1) is 17.1. The van der Waals surface area contributed by atoms with E-state index in [2.05, 4.69) is 15.9 Å². The molecule has 0 atom stereocenters. The van der Waals surface area contributed by atoms with Gasteiger partial charge in [-0.1, -0.05) is 6.07 Å². The van der Waals surface area contributed by atoms with Crippen LogP contribution in [0.5, 0.6) is 0 Å². The van der Waals surface area contributed by atoms with Crippen LogP contribution in [0.3, 0.4) is 0 Å². The fourth-order valence-electron chi connectivity index (χ4n) is 1.72. The molecule has 0 fully saturated rings. The minimum atomic E-state index is -1.48. The zero-order valence-electron chi connectivity index (χ0n) is 11.5. The molecular weight excluding hydrogens is 345 g/mol. The summed E-state index contributed by atoms with van der Waals surface area (Å²) < 4.78 is 23.6. The highest BCUT2D eigenvalue weighted by Crippen LogP contribution is 2.29. The fourth-order valence-corrected chi connectivity index (χ4v) is 2.05. The maximum atomic E-state index is 13.9. The standard InChI is InChI=1S/C14H13BrFNO4/c1-3-20-13(18)11(14(19)21-4-2)8-5-6-10(15)12(16)9(8)7-17/h5-6,11H,3-4H2,1-2H3. The Kier molecular flexibility index (Phi) is 6.31. The van der Waals surface area contributed by atoms with E-state index in [9.17, 15) is 14.0 Å². The second kappa shape index (κ2) is 7.74. The van der Waals surface area contributed by atoms with Crippen molar-refractivity contribution in [2.75, 3.05) is 13.2 Å². The van der Waals surface area contributed by atoms with Gasteiger partial charge in [0.15, 0.2) is 11.7 Å². The van der Waals surface area contributed by atoms with E-state index in [0.717, 1.165) is 0 Å². The van der Waals surface area contributed by atoms with Crippen molar-refractivity contribution in [3.05, 3.63) is 33.5 Å². The zero-order valence-corrected chi connectivity index (χ0v) is 13.1. The molecule has 0 aliphatic carbocycles. The second-order valence-corrected chi connectivity index (χ2v) is 4.73. The normalized spacial score (nSPS) is 10.1. The molecule has 0 aliphatic heterocycles. The molecule has 0 N–H and O–H groups in total. The Hall–Kier alpha value is -1.94. The highest BCUT2D eigenvalue weighted by Gasteiger charge is 2.34. The molecule has 0 saturated carbocycles. The zero-order chi connectivity index (χ0) is 16.0. The molecule has 0 saturated heterocycles. The van der Waals surface area contributed by atoms with Gasteiger partial charge in [-0.05, 0) is 41.4 Å². The van der Waals surface area contributed by atoms with Gasteiger partial charge in [0.2, 0.25) is 0 Å². The average Bonchev–Trinajstić information content (AvgIpc) is 2.44. The molecule has 0 bridgehead atoms. The van der Waals surface area contributed by atoms with Crippen LogP contribution in [0.15, 0.2) is 16.6 Å². The number of hydrogen-bond donors (Lipinski definition) is 0. The van der Waals surface area contributed by atoms with Crippen LogP contribution in [0, 0.1) is 17.1 Å². The molecule has 5 nitrogen and oxygen atoms in total. The van der Waals surface area contributed by atoms with E-state index in [1.807, 2.05) is 0 Å². The lowest BCUT2D eigenvalue weighted by atomic mass is 9.94. The van der Waals surface area contributed by atoms with Crippen molar-refractivity contribution in [1.29, 1.82) is 5.26 Å². The smallest absolute Gasteiger partial charge is 0.324 e. The predicted octanol–water partition coefficient (Wildman–Crippen LogP) is 2.67. The summed E-state index contributed by atoms with van der Waals surface area (Å²) in [4.78, 5) is 23.9. The van der Waals surface area contributed by atoms with E-state index in [4.69, 9.17) is 14.7 Å². The van der Waals surface area contributed by atoms with Gasteiger partial charge in [-0.15, -0.1) is 0 Å². The average molecular weight is 358 g/mol. The van der Waals surface area contributed by atoms with Gasteiger partial charge in [0, 0.05) is 0 Å². The van der Waals surface area contributed by atoms with Gasteiger partial charge in [0.25, 0.3) is 0 Å². The van der Waals surface area contributed by atoms with E-state index in [1.54, 1.807) is 19.9 Å². The van der Waals surface area contributed by atoms with Crippen LogP contribution in [0.4, 0.5) is 4.39 Å². The molecule has 1 aromatic rings. The molecule has 112 valence electrons. The maximum absolute atomic E-state index is 13.9. The number of halogens is 2. The largest absolute Gasteiger partial charge is 0.465 e. The number of benzene rings is 1. The van der Waals surface area contributed by atoms with Gasteiger partial charge in [-0.3, -0.25) is 9.59 Å². The van der Waals surface area contributed by atoms with Crippen molar-refractivity contribution < 1.29 is 23.5 Å². The molecule has 0 radical (unpaired) electrons. The molecule has 0 amide bonds. The number of rotatable bonds is 5. The number of carbonyl (C=O) groups is 2. The number of ether oxygens (including phenoxy) is 2. The monoisotopic (exact) mass is 357 g/mol. The van der Waals surface area contributed by atoms with Crippen molar-refractivity contribution in [1.82, 2.24) is 0 Å². The summed E-state index contributed by atoms with van der Waals surface area (Å²) in [5.41, 5.74) is -0.467. The maximum Gasteiger partial charge on any atom is 0.324 e. The van der Waals surface area contributed by atoms with Crippen LogP contribution in [0.2, 0.25) is 0 Å². The van der Waals surface area contributed by atoms with Crippen LogP contribution in [-0.2, 0) is 19.1 Å². The van der Waals surface area contributed by atoms with Crippen LogP contribution in [-0.4, -0.2) is 25.2 Å². The summed E-state index contributed by atoms with van der Waals surface area (Å²) in [5, 5.41) is 9.08. The molecule has 0 unspecified atom stereocenters. The van der Waals surface area contributed by atoms with Crippen molar-refractivity contribution in [2.45, 2.75) is 19.8 Å². The molecular formula is C14H13BrFNO4. The Morgan fingerprint density at radius 3 is 2.24 bits per heavy atom. The summed E-state index contributed by atoms with van der Waals surface area (Å²) in [6.07, 6.45) is 0. The first-order chi connectivity index (χ1) is 9.97. The highest BCUT2D eigenvalue weighted by atomic mass is 79.9. The molecule has 1 aromatic carbocycles. The van der Waals surface area contributed by atoms with Crippen molar-refractivity contribution in [3.63, 3.8) is 0 Å². The van der Waals surface area contributed by atoms with Crippen LogP contribution < -0.4 is 0 Å². The third-order valence-electron chi connectivity index (χ3n) is 2.59. The van der Waals surface area contributed by atoms with Gasteiger partial charge < -0.3 is 9.47 Å². The minimum absolute atomic E-state index is 0.0512. The number of nitrogens with zero attached hydrogens (tertiary/aromatic N) is 1. The summed E-state index contributed by atoms with van der Waals surface area (Å²) in [6, 6.07) is 4.30. The van der Waals surface area contributed by atoms with Crippen molar-refractivity contribution >= 4 is 27.9 Å². The lowest BCUT2D eigenvalue weighted by Gasteiger charge is -2.16. The molecule has 0 aliphatic rings. The Labute approximate surface area is 129 Å². The second-order valence-electron chi connectivity index (χ2n) is 3.87. The summed E-state index contributed by atoms with van der Waals surface area (Å²) in [5.74, 6) is -4.08. The lowest BCUT2D eigenvalue weighted by Crippen LogP contribution is -2.27. The Balaban J connectivity index is 3.40. The van der Waals surface area contributed by atoms with E-state index in [1.165, 1.54) is 12.1 Å². The summed E-state index contributed by atoms with van der Waals surface area (Å²) in [6.45, 7) is 3.26. The van der Waals surface area contributed by atoms with E-state index in [-0.39, 0.29) is 23.2 Å². The molecule has 7 heteroatoms. The van der Waals surface area contributed by atoms with Crippen LogP contribution in [0.1, 0.15) is 30.9 Å². The highest BCUT2D eigenvalue weighted by molar-refractivity contribution is 9.10. The third-order valence-corrected chi connectivity index (χ3v) is 3.21. The number of esters is 2. The van der Waals surface area contributed by atoms with Crippen molar-refractivity contribution in [2.24, 2.45) is 0 Å². The van der Waals surface area contributed by atoms with E-state index in [0.29, 0.717) is 0 Å². The Morgan fingerprint density at radius 2 is 1.81 bits per heavy atom. The molecule has 0 aromatic heterocycles. The van der Waals surface area contributed by atoms with Gasteiger partial charge in [0.1, 0.15) is 6.07 Å². The summed E-state index contributed by atoms with van der Waals surface area (Å²) >= 11 is 2.95. The first-order valence-electron chi connectivity index (χ1n) is 6.19. The fraction of sp³-hybridized carbons (Fsp3) is 0.357. The molecule has 21 heavy (non-hydrogen) atoms. The minimum Gasteiger partial charge on any atom is -0.465 e. The SMILES string of the molecule is CCOC(=O)C(C(=O)OCC)c1ccc(Br)c(F)c1C#N. The molecule has 0 spiro atoms. The molecule has 0 heterocycles. The Morgan fingerprint density at radius 1 is 1.29 bits per heavy atom. The lowest BCUT2D eigenvalue weighted by molar-refractivity contribution is -0.156. The quantitative estimate of drug-likeness (QED) is 0.598. The van der Waals surface area contributed by atoms with Gasteiger partial charge in [-0.2, -0.15) is 5.26 Å². The Bertz CT molecular complexity index is 579. The first-order valence-corrected chi connectivity index (χ1v) is 6.98. The predicted molar refractivity (Wildman–Crippen MR) is 74.8 cm³/mol. The molecule has 1 rings (SSSR count). The third kappa shape index (κ3) is 3.79. The van der Waals surface area contributed by atoms with E-state index >= 15 is 0 Å². The van der Waals surface area contributed by atoms with Gasteiger partial charge in [-0.25, -0.2) is 4.39 Å². The number of carbonyl (C=O) groups excluding carboxylic acids is 2. The van der Waals surface area contributed by atoms with Crippen LogP contribution in [0.25, 0.3) is 0 Å². The topological polar surface area (TPSA) is 76.4 Å². The van der Waals surface area contributed by atoms with E-state index < -0.39 is 29.2 Å². The number of hydrogen-bond acceptors (Lipinski definition) is 5. The van der Waals surface area contributed by atoms with Crippen LogP contribution >= 0.6 is 15.9 Å². The number of nitriles is 1. The van der Waals surface area contributed by atoms with Gasteiger partial charge in [0.05, 0.1) is 23.2 Å². The summed E-state index contributed by atoms with van der Waals surface area (Å²) in [7, 11) is 0. The van der Waals surface area contributed by atoms with Crippen molar-refractivity contribution in [3.8, 4) is 6.07 Å². The van der Waals surface area contributed by atoms with Gasteiger partial charge >= 0.3 is 11.9 Å².